The van der Waals surface area contributed by atoms with Gasteiger partial charge in [-0.15, -0.1) is 11.3 Å². The van der Waals surface area contributed by atoms with Crippen molar-refractivity contribution in [3.63, 3.8) is 0 Å². The number of nitrogens with zero attached hydrogens (tertiary/aromatic N) is 4. The summed E-state index contributed by atoms with van der Waals surface area (Å²) in [5, 5.41) is 3.41. The van der Waals surface area contributed by atoms with Gasteiger partial charge in [-0.1, -0.05) is 30.3 Å². The summed E-state index contributed by atoms with van der Waals surface area (Å²) >= 11 is 1.70. The lowest BCUT2D eigenvalue weighted by molar-refractivity contribution is 0.209. The summed E-state index contributed by atoms with van der Waals surface area (Å²) in [6.45, 7) is 8.76. The molecule has 24 heavy (non-hydrogen) atoms. The molecule has 0 N–H and O–H groups in total. The molecule has 4 nitrogen and oxygen atoms in total. The van der Waals surface area contributed by atoms with Crippen LogP contribution in [0.3, 0.4) is 0 Å². The molecule has 0 spiro atoms. The predicted octanol–water partition coefficient (Wildman–Crippen LogP) is 3.89. The first-order valence-corrected chi connectivity index (χ1v) is 9.38. The molecule has 3 heterocycles. The molecule has 1 aromatic carbocycles. The summed E-state index contributed by atoms with van der Waals surface area (Å²) < 4.78 is 0. The van der Waals surface area contributed by atoms with Crippen molar-refractivity contribution in [1.82, 2.24) is 14.9 Å². The van der Waals surface area contributed by atoms with Crippen LogP contribution in [0.5, 0.6) is 0 Å². The van der Waals surface area contributed by atoms with Crippen LogP contribution in [0.2, 0.25) is 0 Å². The van der Waals surface area contributed by atoms with Crippen molar-refractivity contribution in [2.75, 3.05) is 31.1 Å². The van der Waals surface area contributed by atoms with E-state index in [0.29, 0.717) is 6.04 Å². The molecular weight excluding hydrogens is 316 g/mol. The Morgan fingerprint density at radius 2 is 1.75 bits per heavy atom. The van der Waals surface area contributed by atoms with E-state index in [2.05, 4.69) is 69.3 Å². The number of benzene rings is 1. The third-order valence-electron chi connectivity index (χ3n) is 4.78. The summed E-state index contributed by atoms with van der Waals surface area (Å²) in [5.41, 5.74) is 2.48. The molecule has 4 rings (SSSR count). The van der Waals surface area contributed by atoms with Crippen molar-refractivity contribution in [2.45, 2.75) is 19.9 Å². The fraction of sp³-hybridized carbons (Fsp3) is 0.368. The molecule has 1 fully saturated rings. The quantitative estimate of drug-likeness (QED) is 0.725. The maximum atomic E-state index is 4.66. The monoisotopic (exact) mass is 338 g/mol. The number of thiophene rings is 1. The molecule has 5 heteroatoms. The van der Waals surface area contributed by atoms with Gasteiger partial charge in [0.15, 0.2) is 0 Å². The Morgan fingerprint density at radius 1 is 1.00 bits per heavy atom. The molecule has 1 aliphatic heterocycles. The predicted molar refractivity (Wildman–Crippen MR) is 102 cm³/mol. The molecule has 0 unspecified atom stereocenters. The van der Waals surface area contributed by atoms with Crippen LogP contribution in [-0.2, 0) is 0 Å². The van der Waals surface area contributed by atoms with Gasteiger partial charge in [0, 0.05) is 43.2 Å². The summed E-state index contributed by atoms with van der Waals surface area (Å²) in [6, 6.07) is 11.2. The number of piperazine rings is 1. The summed E-state index contributed by atoms with van der Waals surface area (Å²) in [5.74, 6) is 1.09. The second kappa shape index (κ2) is 6.49. The normalized spacial score (nSPS) is 16.2. The van der Waals surface area contributed by atoms with E-state index in [1.807, 2.05) is 0 Å². The van der Waals surface area contributed by atoms with E-state index in [1.54, 1.807) is 17.7 Å². The molecule has 2 aromatic heterocycles. The van der Waals surface area contributed by atoms with Crippen LogP contribution in [0.4, 0.5) is 5.82 Å². The van der Waals surface area contributed by atoms with E-state index >= 15 is 0 Å². The molecule has 124 valence electrons. The molecule has 0 saturated carbocycles. The van der Waals surface area contributed by atoms with Gasteiger partial charge in [-0.3, -0.25) is 4.90 Å². The standard InChI is InChI=1S/C19H22N4S/c1-14(2)22-8-10-23(11-9-22)18-17-16(15-6-4-3-5-7-15)12-24-19(17)21-13-20-18/h3-7,12-14H,8-11H2,1-2H3. The Balaban J connectivity index is 1.73. The first-order valence-electron chi connectivity index (χ1n) is 8.50. The Bertz CT molecular complexity index is 820. The fourth-order valence-electron chi connectivity index (χ4n) is 3.38. The summed E-state index contributed by atoms with van der Waals surface area (Å²) in [6.07, 6.45) is 1.71. The smallest absolute Gasteiger partial charge is 0.141 e. The maximum absolute atomic E-state index is 4.66. The first-order chi connectivity index (χ1) is 11.7. The second-order valence-electron chi connectivity index (χ2n) is 6.51. The van der Waals surface area contributed by atoms with E-state index < -0.39 is 0 Å². The Labute approximate surface area is 146 Å². The highest BCUT2D eigenvalue weighted by Gasteiger charge is 2.23. The van der Waals surface area contributed by atoms with Crippen LogP contribution in [0, 0.1) is 0 Å². The van der Waals surface area contributed by atoms with Crippen molar-refractivity contribution in [2.24, 2.45) is 0 Å². The first kappa shape index (κ1) is 15.5. The van der Waals surface area contributed by atoms with E-state index in [-0.39, 0.29) is 0 Å². The van der Waals surface area contributed by atoms with Gasteiger partial charge in [-0.05, 0) is 19.4 Å². The van der Waals surface area contributed by atoms with Crippen molar-refractivity contribution < 1.29 is 0 Å². The minimum Gasteiger partial charge on any atom is -0.353 e. The number of fused-ring (bicyclic) bond motifs is 1. The summed E-state index contributed by atoms with van der Waals surface area (Å²) in [4.78, 5) is 15.2. The van der Waals surface area contributed by atoms with Crippen molar-refractivity contribution in [3.8, 4) is 11.1 Å². The highest BCUT2D eigenvalue weighted by molar-refractivity contribution is 7.17. The second-order valence-corrected chi connectivity index (χ2v) is 7.37. The summed E-state index contributed by atoms with van der Waals surface area (Å²) in [7, 11) is 0. The molecule has 1 saturated heterocycles. The lowest BCUT2D eigenvalue weighted by Gasteiger charge is -2.37. The maximum Gasteiger partial charge on any atom is 0.141 e. The SMILES string of the molecule is CC(C)N1CCN(c2ncnc3scc(-c4ccccc4)c23)CC1. The van der Waals surface area contributed by atoms with E-state index in [1.165, 1.54) is 16.5 Å². The molecule has 0 bridgehead atoms. The number of rotatable bonds is 3. The van der Waals surface area contributed by atoms with Gasteiger partial charge >= 0.3 is 0 Å². The Morgan fingerprint density at radius 3 is 2.46 bits per heavy atom. The van der Waals surface area contributed by atoms with Gasteiger partial charge < -0.3 is 4.90 Å². The van der Waals surface area contributed by atoms with Gasteiger partial charge in [0.25, 0.3) is 0 Å². The van der Waals surface area contributed by atoms with Gasteiger partial charge in [-0.2, -0.15) is 0 Å². The van der Waals surface area contributed by atoms with Crippen LogP contribution < -0.4 is 4.90 Å². The fourth-order valence-corrected chi connectivity index (χ4v) is 4.29. The topological polar surface area (TPSA) is 32.3 Å². The highest BCUT2D eigenvalue weighted by Crippen LogP contribution is 2.37. The number of anilines is 1. The third kappa shape index (κ3) is 2.78. The third-order valence-corrected chi connectivity index (χ3v) is 5.67. The lowest BCUT2D eigenvalue weighted by Crippen LogP contribution is -2.49. The Hall–Kier alpha value is -1.98. The zero-order chi connectivity index (χ0) is 16.5. The highest BCUT2D eigenvalue weighted by atomic mass is 32.1. The largest absolute Gasteiger partial charge is 0.353 e. The number of hydrogen-bond donors (Lipinski definition) is 0. The molecule has 1 aliphatic rings. The zero-order valence-electron chi connectivity index (χ0n) is 14.1. The zero-order valence-corrected chi connectivity index (χ0v) is 15.0. The minimum atomic E-state index is 0.610. The van der Waals surface area contributed by atoms with Crippen LogP contribution in [0.1, 0.15) is 13.8 Å². The number of aromatic nitrogens is 2. The van der Waals surface area contributed by atoms with Gasteiger partial charge in [0.2, 0.25) is 0 Å². The van der Waals surface area contributed by atoms with Crippen molar-refractivity contribution in [3.05, 3.63) is 42.0 Å². The van der Waals surface area contributed by atoms with E-state index in [0.717, 1.165) is 36.8 Å². The van der Waals surface area contributed by atoms with Crippen molar-refractivity contribution >= 4 is 27.4 Å². The molecular formula is C19H22N4S. The minimum absolute atomic E-state index is 0.610. The van der Waals surface area contributed by atoms with Crippen LogP contribution in [-0.4, -0.2) is 47.1 Å². The van der Waals surface area contributed by atoms with Gasteiger partial charge in [-0.25, -0.2) is 9.97 Å². The average molecular weight is 338 g/mol. The van der Waals surface area contributed by atoms with Gasteiger partial charge in [0.1, 0.15) is 17.0 Å². The average Bonchev–Trinajstić information content (AvgIpc) is 3.07. The molecule has 0 aliphatic carbocycles. The molecule has 0 atom stereocenters. The van der Waals surface area contributed by atoms with Crippen LogP contribution in [0.15, 0.2) is 42.0 Å². The number of hydrogen-bond acceptors (Lipinski definition) is 5. The van der Waals surface area contributed by atoms with Crippen molar-refractivity contribution in [1.29, 1.82) is 0 Å². The van der Waals surface area contributed by atoms with Gasteiger partial charge in [0.05, 0.1) is 5.39 Å². The van der Waals surface area contributed by atoms with Crippen LogP contribution >= 0.6 is 11.3 Å². The van der Waals surface area contributed by atoms with E-state index in [9.17, 15) is 0 Å². The molecule has 0 amide bonds. The molecule has 3 aromatic rings. The molecule has 0 radical (unpaired) electrons. The Kier molecular flexibility index (Phi) is 4.21. The van der Waals surface area contributed by atoms with Crippen LogP contribution in [0.25, 0.3) is 21.3 Å². The lowest BCUT2D eigenvalue weighted by atomic mass is 10.1. The van der Waals surface area contributed by atoms with E-state index in [4.69, 9.17) is 0 Å².